The highest BCUT2D eigenvalue weighted by Crippen LogP contribution is 2.31. The van der Waals surface area contributed by atoms with Crippen molar-refractivity contribution in [2.24, 2.45) is 0 Å². The van der Waals surface area contributed by atoms with Gasteiger partial charge >= 0.3 is 0 Å². The maximum absolute atomic E-state index is 14.6. The van der Waals surface area contributed by atoms with Crippen molar-refractivity contribution in [1.82, 2.24) is 29.1 Å². The summed E-state index contributed by atoms with van der Waals surface area (Å²) >= 11 is 0. The largest absolute Gasteiger partial charge is 0.382 e. The van der Waals surface area contributed by atoms with Gasteiger partial charge in [-0.25, -0.2) is 27.7 Å². The SMILES string of the molecule is C1CCC1.Cc1nc2ccc(-c3c(F)cn4nc(N)nc(N)c34)nc2n1CC(F)F. The number of nitrogens with two attached hydrogens (primary N) is 2. The van der Waals surface area contributed by atoms with E-state index in [1.807, 2.05) is 0 Å². The number of alkyl halides is 2. The maximum Gasteiger partial charge on any atom is 0.256 e. The Morgan fingerprint density at radius 1 is 1.07 bits per heavy atom. The minimum Gasteiger partial charge on any atom is -0.382 e. The standard InChI is InChI=1S/C15H13F3N8.C4H8/c1-6-21-9-3-2-8(22-14(9)25(6)5-10(17)18)11-7(16)4-26-12(11)13(19)23-15(20)24-26;1-2-4-3-1/h2-4,10H,5H2,1H3,(H4,19,20,23,24);1-4H2. The third-order valence-corrected chi connectivity index (χ3v) is 4.99. The van der Waals surface area contributed by atoms with Crippen molar-refractivity contribution >= 4 is 28.4 Å². The lowest BCUT2D eigenvalue weighted by molar-refractivity contribution is 0.127. The number of aromatic nitrogens is 6. The number of fused-ring (bicyclic) bond motifs is 2. The molecule has 0 atom stereocenters. The molecule has 158 valence electrons. The normalized spacial score (nSPS) is 13.5. The highest BCUT2D eigenvalue weighted by Gasteiger charge is 2.21. The van der Waals surface area contributed by atoms with Gasteiger partial charge in [0.1, 0.15) is 16.9 Å². The molecule has 30 heavy (non-hydrogen) atoms. The molecule has 0 bridgehead atoms. The molecule has 1 saturated carbocycles. The number of nitrogens with zero attached hydrogens (tertiary/aromatic N) is 6. The molecule has 4 N–H and O–H groups in total. The summed E-state index contributed by atoms with van der Waals surface area (Å²) in [6.45, 7) is 1.05. The van der Waals surface area contributed by atoms with E-state index in [9.17, 15) is 13.2 Å². The van der Waals surface area contributed by atoms with Crippen LogP contribution in [-0.2, 0) is 6.54 Å². The van der Waals surface area contributed by atoms with Gasteiger partial charge in [-0.2, -0.15) is 4.98 Å². The van der Waals surface area contributed by atoms with Crippen molar-refractivity contribution < 1.29 is 13.2 Å². The number of aryl methyl sites for hydroxylation is 1. The first-order valence-electron chi connectivity index (χ1n) is 9.57. The molecule has 0 amide bonds. The Morgan fingerprint density at radius 3 is 2.40 bits per heavy atom. The minimum atomic E-state index is -2.57. The van der Waals surface area contributed by atoms with Crippen molar-refractivity contribution in [3.8, 4) is 11.3 Å². The van der Waals surface area contributed by atoms with Crippen LogP contribution in [-0.4, -0.2) is 35.6 Å². The fourth-order valence-corrected chi connectivity index (χ4v) is 3.20. The van der Waals surface area contributed by atoms with Crippen LogP contribution >= 0.6 is 0 Å². The van der Waals surface area contributed by atoms with Gasteiger partial charge < -0.3 is 16.0 Å². The van der Waals surface area contributed by atoms with E-state index in [2.05, 4.69) is 20.1 Å². The van der Waals surface area contributed by atoms with E-state index >= 15 is 0 Å². The van der Waals surface area contributed by atoms with Gasteiger partial charge in [-0.3, -0.25) is 0 Å². The summed E-state index contributed by atoms with van der Waals surface area (Å²) in [4.78, 5) is 12.4. The topological polar surface area (TPSA) is 113 Å². The molecule has 5 rings (SSSR count). The van der Waals surface area contributed by atoms with Crippen molar-refractivity contribution in [1.29, 1.82) is 0 Å². The van der Waals surface area contributed by atoms with E-state index in [0.717, 1.165) is 6.20 Å². The Kier molecular flexibility index (Phi) is 5.18. The Labute approximate surface area is 169 Å². The molecular formula is C19H21F3N8. The Hall–Kier alpha value is -3.37. The predicted molar refractivity (Wildman–Crippen MR) is 108 cm³/mol. The van der Waals surface area contributed by atoms with E-state index in [0.29, 0.717) is 11.3 Å². The van der Waals surface area contributed by atoms with Crippen LogP contribution in [0.15, 0.2) is 18.3 Å². The van der Waals surface area contributed by atoms with Crippen LogP contribution in [0.3, 0.4) is 0 Å². The summed E-state index contributed by atoms with van der Waals surface area (Å²) in [6.07, 6.45) is 4.53. The number of imidazole rings is 1. The second-order valence-electron chi connectivity index (χ2n) is 7.11. The molecule has 0 aliphatic heterocycles. The molecule has 4 heterocycles. The van der Waals surface area contributed by atoms with Gasteiger partial charge in [0.05, 0.1) is 24.0 Å². The van der Waals surface area contributed by atoms with Gasteiger partial charge in [-0.05, 0) is 19.1 Å². The van der Waals surface area contributed by atoms with Crippen LogP contribution in [0.4, 0.5) is 24.9 Å². The number of anilines is 2. The van der Waals surface area contributed by atoms with Crippen molar-refractivity contribution in [2.45, 2.75) is 45.6 Å². The Bertz CT molecular complexity index is 1210. The average molecular weight is 418 g/mol. The molecule has 4 aromatic rings. The van der Waals surface area contributed by atoms with Crippen LogP contribution in [0.5, 0.6) is 0 Å². The van der Waals surface area contributed by atoms with Crippen LogP contribution in [0.1, 0.15) is 31.5 Å². The third-order valence-electron chi connectivity index (χ3n) is 4.99. The number of pyridine rings is 1. The molecule has 8 nitrogen and oxygen atoms in total. The molecule has 0 aromatic carbocycles. The summed E-state index contributed by atoms with van der Waals surface area (Å²) in [6, 6.07) is 3.12. The lowest BCUT2D eigenvalue weighted by Gasteiger charge is -2.07. The Morgan fingerprint density at radius 2 is 1.77 bits per heavy atom. The quantitative estimate of drug-likeness (QED) is 0.526. The summed E-state index contributed by atoms with van der Waals surface area (Å²) in [7, 11) is 0. The molecule has 1 fully saturated rings. The first-order valence-corrected chi connectivity index (χ1v) is 9.57. The highest BCUT2D eigenvalue weighted by molar-refractivity contribution is 5.88. The number of hydrogen-bond acceptors (Lipinski definition) is 6. The number of hydrogen-bond donors (Lipinski definition) is 2. The molecule has 4 aromatic heterocycles. The van der Waals surface area contributed by atoms with Gasteiger partial charge in [0.2, 0.25) is 5.95 Å². The fraction of sp³-hybridized carbons (Fsp3) is 0.368. The molecule has 1 aliphatic carbocycles. The minimum absolute atomic E-state index is 0.0180. The van der Waals surface area contributed by atoms with E-state index < -0.39 is 18.8 Å². The monoisotopic (exact) mass is 418 g/mol. The van der Waals surface area contributed by atoms with Crippen LogP contribution in [0.2, 0.25) is 0 Å². The van der Waals surface area contributed by atoms with E-state index in [1.54, 1.807) is 13.0 Å². The second kappa shape index (κ2) is 7.81. The van der Waals surface area contributed by atoms with Gasteiger partial charge in [0.15, 0.2) is 17.3 Å². The Balaban J connectivity index is 0.000000489. The zero-order valence-corrected chi connectivity index (χ0v) is 16.3. The molecule has 0 radical (unpaired) electrons. The zero-order chi connectivity index (χ0) is 21.4. The third kappa shape index (κ3) is 3.62. The van der Waals surface area contributed by atoms with Crippen molar-refractivity contribution in [3.05, 3.63) is 30.0 Å². The van der Waals surface area contributed by atoms with Gasteiger partial charge in [-0.1, -0.05) is 25.7 Å². The molecule has 0 unspecified atom stereocenters. The fourth-order valence-electron chi connectivity index (χ4n) is 3.20. The van der Waals surface area contributed by atoms with Crippen LogP contribution in [0.25, 0.3) is 27.9 Å². The second-order valence-corrected chi connectivity index (χ2v) is 7.11. The average Bonchev–Trinajstić information content (AvgIpc) is 3.09. The van der Waals surface area contributed by atoms with E-state index in [-0.39, 0.29) is 34.2 Å². The van der Waals surface area contributed by atoms with Gasteiger partial charge in [0, 0.05) is 0 Å². The van der Waals surface area contributed by atoms with Crippen LogP contribution in [0, 0.1) is 12.7 Å². The summed E-state index contributed by atoms with van der Waals surface area (Å²) in [5, 5.41) is 3.89. The number of rotatable bonds is 3. The highest BCUT2D eigenvalue weighted by atomic mass is 19.3. The summed E-state index contributed by atoms with van der Waals surface area (Å²) < 4.78 is 42.7. The molecule has 11 heteroatoms. The summed E-state index contributed by atoms with van der Waals surface area (Å²) in [5.41, 5.74) is 12.5. The predicted octanol–water partition coefficient (Wildman–Crippen LogP) is 3.58. The van der Waals surface area contributed by atoms with Crippen molar-refractivity contribution in [2.75, 3.05) is 11.5 Å². The lowest BCUT2D eigenvalue weighted by atomic mass is 10.0. The zero-order valence-electron chi connectivity index (χ0n) is 16.3. The van der Waals surface area contributed by atoms with Crippen molar-refractivity contribution in [3.63, 3.8) is 0 Å². The molecular weight excluding hydrogens is 397 g/mol. The lowest BCUT2D eigenvalue weighted by Crippen LogP contribution is -2.09. The van der Waals surface area contributed by atoms with E-state index in [4.69, 9.17) is 11.5 Å². The first kappa shape index (κ1) is 19.9. The van der Waals surface area contributed by atoms with E-state index in [1.165, 1.54) is 40.8 Å². The maximum atomic E-state index is 14.6. The first-order chi connectivity index (χ1) is 14.3. The molecule has 1 aliphatic rings. The van der Waals surface area contributed by atoms with Gasteiger partial charge in [-0.15, -0.1) is 5.10 Å². The summed E-state index contributed by atoms with van der Waals surface area (Å²) in [5.74, 6) is -0.371. The number of halogens is 3. The molecule has 0 saturated heterocycles. The van der Waals surface area contributed by atoms with Crippen LogP contribution < -0.4 is 11.5 Å². The van der Waals surface area contributed by atoms with Gasteiger partial charge in [0.25, 0.3) is 6.43 Å². The smallest absolute Gasteiger partial charge is 0.256 e. The number of nitrogen functional groups attached to an aromatic ring is 2. The molecule has 0 spiro atoms.